The molecule has 0 radical (unpaired) electrons. The highest BCUT2D eigenvalue weighted by Crippen LogP contribution is 2.30. The van der Waals surface area contributed by atoms with Crippen molar-refractivity contribution in [1.29, 1.82) is 0 Å². The Morgan fingerprint density at radius 3 is 2.38 bits per heavy atom. The first-order chi connectivity index (χ1) is 7.30. The molecule has 1 aromatic carbocycles. The Hall–Kier alpha value is -0.700. The first-order valence-corrected chi connectivity index (χ1v) is 5.55. The predicted octanol–water partition coefficient (Wildman–Crippen LogP) is 4.57. The Morgan fingerprint density at radius 1 is 1.31 bits per heavy atom. The van der Waals surface area contributed by atoms with E-state index < -0.39 is 11.7 Å². The van der Waals surface area contributed by atoms with Gasteiger partial charge in [-0.15, -0.1) is 11.6 Å². The van der Waals surface area contributed by atoms with Crippen LogP contribution < -0.4 is 0 Å². The van der Waals surface area contributed by atoms with Crippen molar-refractivity contribution in [3.8, 4) is 0 Å². The van der Waals surface area contributed by atoms with Crippen molar-refractivity contribution in [3.05, 3.63) is 34.9 Å². The summed E-state index contributed by atoms with van der Waals surface area (Å²) in [5, 5.41) is 0.0432. The fourth-order valence-electron chi connectivity index (χ4n) is 1.51. The molecule has 0 heterocycles. The second-order valence-corrected chi connectivity index (χ2v) is 4.70. The standard InChI is InChI=1S/C12H14ClF3/c1-8-7-11(12(14,15)16)6-5-10(8)4-3-9(2)13/h5-7,9H,3-4H2,1-2H3. The molecule has 1 atom stereocenters. The third-order valence-corrected chi connectivity index (χ3v) is 2.70. The highest BCUT2D eigenvalue weighted by atomic mass is 35.5. The zero-order valence-electron chi connectivity index (χ0n) is 9.24. The third kappa shape index (κ3) is 3.71. The van der Waals surface area contributed by atoms with Crippen LogP contribution in [0.15, 0.2) is 18.2 Å². The molecule has 0 aliphatic carbocycles. The zero-order chi connectivity index (χ0) is 12.3. The average molecular weight is 251 g/mol. The van der Waals surface area contributed by atoms with Gasteiger partial charge >= 0.3 is 6.18 Å². The fourth-order valence-corrected chi connectivity index (χ4v) is 1.62. The monoisotopic (exact) mass is 250 g/mol. The lowest BCUT2D eigenvalue weighted by molar-refractivity contribution is -0.137. The molecular weight excluding hydrogens is 237 g/mol. The van der Waals surface area contributed by atoms with Crippen LogP contribution in [0.5, 0.6) is 0 Å². The molecule has 0 aliphatic rings. The lowest BCUT2D eigenvalue weighted by Crippen LogP contribution is -2.06. The highest BCUT2D eigenvalue weighted by Gasteiger charge is 2.30. The summed E-state index contributed by atoms with van der Waals surface area (Å²) in [6, 6.07) is 3.85. The van der Waals surface area contributed by atoms with E-state index in [4.69, 9.17) is 11.6 Å². The highest BCUT2D eigenvalue weighted by molar-refractivity contribution is 6.20. The Labute approximate surface area is 98.4 Å². The molecule has 16 heavy (non-hydrogen) atoms. The molecule has 4 heteroatoms. The second kappa shape index (κ2) is 5.09. The van der Waals surface area contributed by atoms with E-state index in [1.54, 1.807) is 6.92 Å². The molecule has 0 fully saturated rings. The summed E-state index contributed by atoms with van der Waals surface area (Å²) < 4.78 is 37.2. The van der Waals surface area contributed by atoms with Gasteiger partial charge in [-0.3, -0.25) is 0 Å². The molecule has 0 saturated carbocycles. The number of alkyl halides is 4. The van der Waals surface area contributed by atoms with Gasteiger partial charge in [-0.1, -0.05) is 6.07 Å². The lowest BCUT2D eigenvalue weighted by atomic mass is 10.0. The van der Waals surface area contributed by atoms with Gasteiger partial charge in [0.15, 0.2) is 0 Å². The Bertz CT molecular complexity index is 356. The Morgan fingerprint density at radius 2 is 1.94 bits per heavy atom. The summed E-state index contributed by atoms with van der Waals surface area (Å²) in [5.74, 6) is 0. The van der Waals surface area contributed by atoms with Crippen molar-refractivity contribution in [3.63, 3.8) is 0 Å². The van der Waals surface area contributed by atoms with Gasteiger partial charge < -0.3 is 0 Å². The van der Waals surface area contributed by atoms with E-state index in [1.165, 1.54) is 12.1 Å². The van der Waals surface area contributed by atoms with Crippen LogP contribution in [0, 0.1) is 6.92 Å². The number of halogens is 4. The van der Waals surface area contributed by atoms with Crippen LogP contribution in [0.2, 0.25) is 0 Å². The lowest BCUT2D eigenvalue weighted by Gasteiger charge is -2.11. The van der Waals surface area contributed by atoms with E-state index in [9.17, 15) is 13.2 Å². The van der Waals surface area contributed by atoms with Crippen molar-refractivity contribution in [2.75, 3.05) is 0 Å². The van der Waals surface area contributed by atoms with Gasteiger partial charge in [0.2, 0.25) is 0 Å². The average Bonchev–Trinajstić information content (AvgIpc) is 2.14. The van der Waals surface area contributed by atoms with Gasteiger partial charge in [-0.25, -0.2) is 0 Å². The SMILES string of the molecule is Cc1cc(C(F)(F)F)ccc1CCC(C)Cl. The van der Waals surface area contributed by atoms with Crippen molar-refractivity contribution >= 4 is 11.6 Å². The normalized spacial score (nSPS) is 13.9. The van der Waals surface area contributed by atoms with E-state index in [0.717, 1.165) is 18.1 Å². The molecular formula is C12H14ClF3. The Kier molecular flexibility index (Phi) is 4.25. The van der Waals surface area contributed by atoms with Crippen molar-refractivity contribution in [2.45, 2.75) is 38.2 Å². The van der Waals surface area contributed by atoms with Crippen LogP contribution in [0.3, 0.4) is 0 Å². The van der Waals surface area contributed by atoms with Crippen LogP contribution >= 0.6 is 11.6 Å². The summed E-state index contributed by atoms with van der Waals surface area (Å²) in [4.78, 5) is 0. The summed E-state index contributed by atoms with van der Waals surface area (Å²) >= 11 is 5.80. The van der Waals surface area contributed by atoms with Crippen LogP contribution in [-0.4, -0.2) is 5.38 Å². The first kappa shape index (κ1) is 13.4. The quantitative estimate of drug-likeness (QED) is 0.689. The van der Waals surface area contributed by atoms with Crippen LogP contribution in [-0.2, 0) is 12.6 Å². The summed E-state index contributed by atoms with van der Waals surface area (Å²) in [5.41, 5.74) is 1.01. The molecule has 0 aliphatic heterocycles. The number of aryl methyl sites for hydroxylation is 2. The topological polar surface area (TPSA) is 0 Å². The largest absolute Gasteiger partial charge is 0.416 e. The van der Waals surface area contributed by atoms with Gasteiger partial charge in [0.05, 0.1) is 5.56 Å². The molecule has 0 amide bonds. The van der Waals surface area contributed by atoms with Crippen LogP contribution in [0.4, 0.5) is 13.2 Å². The van der Waals surface area contributed by atoms with Gasteiger partial charge in [0, 0.05) is 5.38 Å². The maximum absolute atomic E-state index is 12.4. The van der Waals surface area contributed by atoms with Crippen LogP contribution in [0.1, 0.15) is 30.0 Å². The van der Waals surface area contributed by atoms with Gasteiger partial charge in [-0.2, -0.15) is 13.2 Å². The minimum Gasteiger partial charge on any atom is -0.166 e. The van der Waals surface area contributed by atoms with E-state index in [2.05, 4.69) is 0 Å². The van der Waals surface area contributed by atoms with Crippen molar-refractivity contribution in [1.82, 2.24) is 0 Å². The molecule has 0 aromatic heterocycles. The molecule has 1 aromatic rings. The number of benzene rings is 1. The molecule has 0 nitrogen and oxygen atoms in total. The molecule has 90 valence electrons. The molecule has 1 unspecified atom stereocenters. The Balaban J connectivity index is 2.84. The summed E-state index contributed by atoms with van der Waals surface area (Å²) in [6.45, 7) is 3.57. The number of hydrogen-bond donors (Lipinski definition) is 0. The van der Waals surface area contributed by atoms with E-state index >= 15 is 0 Å². The third-order valence-electron chi connectivity index (χ3n) is 2.48. The van der Waals surface area contributed by atoms with E-state index in [-0.39, 0.29) is 5.38 Å². The molecule has 1 rings (SSSR count). The van der Waals surface area contributed by atoms with Gasteiger partial charge in [0.1, 0.15) is 0 Å². The second-order valence-electron chi connectivity index (χ2n) is 3.96. The van der Waals surface area contributed by atoms with E-state index in [0.29, 0.717) is 12.0 Å². The zero-order valence-corrected chi connectivity index (χ0v) is 9.99. The van der Waals surface area contributed by atoms with Crippen molar-refractivity contribution < 1.29 is 13.2 Å². The minimum atomic E-state index is -4.26. The molecule has 0 spiro atoms. The first-order valence-electron chi connectivity index (χ1n) is 5.11. The number of hydrogen-bond acceptors (Lipinski definition) is 0. The molecule has 0 bridgehead atoms. The fraction of sp³-hybridized carbons (Fsp3) is 0.500. The van der Waals surface area contributed by atoms with Gasteiger partial charge in [0.25, 0.3) is 0 Å². The summed E-state index contributed by atoms with van der Waals surface area (Å²) in [6.07, 6.45) is -2.77. The summed E-state index contributed by atoms with van der Waals surface area (Å²) in [7, 11) is 0. The van der Waals surface area contributed by atoms with E-state index in [1.807, 2.05) is 6.92 Å². The maximum atomic E-state index is 12.4. The minimum absolute atomic E-state index is 0.0432. The van der Waals surface area contributed by atoms with Gasteiger partial charge in [-0.05, 0) is 49.9 Å². The number of rotatable bonds is 3. The van der Waals surface area contributed by atoms with Crippen LogP contribution in [0.25, 0.3) is 0 Å². The molecule has 0 N–H and O–H groups in total. The predicted molar refractivity (Wildman–Crippen MR) is 59.8 cm³/mol. The molecule has 0 saturated heterocycles. The smallest absolute Gasteiger partial charge is 0.166 e. The maximum Gasteiger partial charge on any atom is 0.416 e. The van der Waals surface area contributed by atoms with Crippen molar-refractivity contribution in [2.24, 2.45) is 0 Å².